The van der Waals surface area contributed by atoms with Gasteiger partial charge in [0.25, 0.3) is 0 Å². The second-order valence-electron chi connectivity index (χ2n) is 5.81. The van der Waals surface area contributed by atoms with Crippen LogP contribution in [0.25, 0.3) is 0 Å². The van der Waals surface area contributed by atoms with Gasteiger partial charge in [-0.25, -0.2) is 13.8 Å². The molecule has 0 radical (unpaired) electrons. The average molecular weight is 415 g/mol. The minimum absolute atomic E-state index is 0.0366. The Hall–Kier alpha value is -1.16. The van der Waals surface area contributed by atoms with Crippen LogP contribution in [0.15, 0.2) is 0 Å². The van der Waals surface area contributed by atoms with Gasteiger partial charge in [-0.05, 0) is 30.4 Å². The van der Waals surface area contributed by atoms with Crippen molar-refractivity contribution in [2.24, 2.45) is 5.92 Å². The summed E-state index contributed by atoms with van der Waals surface area (Å²) in [6.07, 6.45) is -6.42. The number of rotatable bonds is 6. The van der Waals surface area contributed by atoms with Gasteiger partial charge >= 0.3 is 6.18 Å². The lowest BCUT2D eigenvalue weighted by molar-refractivity contribution is -0.141. The second-order valence-corrected chi connectivity index (χ2v) is 7.37. The number of hydrogen-bond acceptors (Lipinski definition) is 5. The van der Waals surface area contributed by atoms with Gasteiger partial charge in [0.05, 0.1) is 23.2 Å². The van der Waals surface area contributed by atoms with Crippen molar-refractivity contribution in [2.75, 3.05) is 12.5 Å². The second kappa shape index (κ2) is 9.16. The highest BCUT2D eigenvalue weighted by molar-refractivity contribution is 8.13. The summed E-state index contributed by atoms with van der Waals surface area (Å²) in [6.45, 7) is 3.39. The van der Waals surface area contributed by atoms with Gasteiger partial charge in [0.1, 0.15) is 0 Å². The summed E-state index contributed by atoms with van der Waals surface area (Å²) in [5.41, 5.74) is -3.32. The molecule has 0 N–H and O–H groups in total. The highest BCUT2D eigenvalue weighted by atomic mass is 32.2. The summed E-state index contributed by atoms with van der Waals surface area (Å²) in [5, 5.41) is -1.59. The Balaban J connectivity index is 4.01. The van der Waals surface area contributed by atoms with Crippen LogP contribution >= 0.6 is 23.5 Å². The summed E-state index contributed by atoms with van der Waals surface area (Å²) in [5.74, 6) is -0.209. The largest absolute Gasteiger partial charge is 0.434 e. The molecule has 26 heavy (non-hydrogen) atoms. The zero-order valence-electron chi connectivity index (χ0n) is 14.5. The van der Waals surface area contributed by atoms with Gasteiger partial charge in [-0.1, -0.05) is 37.4 Å². The zero-order valence-corrected chi connectivity index (χ0v) is 16.2. The number of alkyl halides is 5. The van der Waals surface area contributed by atoms with Crippen molar-refractivity contribution in [3.8, 4) is 0 Å². The first kappa shape index (κ1) is 22.9. The third-order valence-corrected chi connectivity index (χ3v) is 4.53. The fourth-order valence-corrected chi connectivity index (χ4v) is 3.33. The molecular weight excluding hydrogens is 397 g/mol. The smallest absolute Gasteiger partial charge is 0.282 e. The third-order valence-electron chi connectivity index (χ3n) is 3.38. The van der Waals surface area contributed by atoms with E-state index in [1.54, 1.807) is 13.8 Å². The van der Waals surface area contributed by atoms with E-state index in [2.05, 4.69) is 4.98 Å². The minimum Gasteiger partial charge on any atom is -0.282 e. The Morgan fingerprint density at radius 1 is 1.00 bits per heavy atom. The molecule has 10 heteroatoms. The van der Waals surface area contributed by atoms with Crippen molar-refractivity contribution in [1.29, 1.82) is 0 Å². The summed E-state index contributed by atoms with van der Waals surface area (Å²) < 4.78 is 66.3. The highest BCUT2D eigenvalue weighted by Crippen LogP contribution is 2.38. The Labute approximate surface area is 156 Å². The molecule has 0 atom stereocenters. The lowest BCUT2D eigenvalue weighted by Gasteiger charge is -2.21. The number of pyridine rings is 1. The quantitative estimate of drug-likeness (QED) is 0.604. The Morgan fingerprint density at radius 2 is 1.50 bits per heavy atom. The summed E-state index contributed by atoms with van der Waals surface area (Å²) >= 11 is 1.23. The molecule has 0 fully saturated rings. The van der Waals surface area contributed by atoms with E-state index in [0.29, 0.717) is 23.5 Å². The van der Waals surface area contributed by atoms with Gasteiger partial charge in [0.2, 0.25) is 16.7 Å². The van der Waals surface area contributed by atoms with Crippen LogP contribution in [-0.4, -0.2) is 34.2 Å². The van der Waals surface area contributed by atoms with Crippen molar-refractivity contribution in [1.82, 2.24) is 4.98 Å². The molecule has 0 saturated carbocycles. The maximum atomic E-state index is 13.5. The zero-order chi connectivity index (χ0) is 20.2. The third kappa shape index (κ3) is 5.42. The lowest BCUT2D eigenvalue weighted by atomic mass is 9.91. The molecule has 0 saturated heterocycles. The van der Waals surface area contributed by atoms with Crippen LogP contribution in [0.4, 0.5) is 22.0 Å². The van der Waals surface area contributed by atoms with Crippen LogP contribution in [0, 0.1) is 5.92 Å². The van der Waals surface area contributed by atoms with Gasteiger partial charge < -0.3 is 0 Å². The van der Waals surface area contributed by atoms with Crippen LogP contribution in [-0.2, 0) is 19.0 Å². The standard InChI is InChI=1S/C16H18F5NO2S2/c1-7(2)5-8-11(14(23)25-3)9(6-10(17)18)22-13(16(19,20)21)12(8)15(24)26-4/h7,10H,5-6H2,1-4H3. The first-order valence-electron chi connectivity index (χ1n) is 7.51. The predicted octanol–water partition coefficient (Wildman–Crippen LogP) is 5.11. The molecule has 1 aromatic rings. The molecular formula is C16H18F5NO2S2. The summed E-state index contributed by atoms with van der Waals surface area (Å²) in [6, 6.07) is 0. The maximum absolute atomic E-state index is 13.5. The monoisotopic (exact) mass is 415 g/mol. The van der Waals surface area contributed by atoms with E-state index in [-0.39, 0.29) is 23.5 Å². The molecule has 0 aliphatic rings. The number of carbonyl (C=O) groups excluding carboxylic acids is 2. The van der Waals surface area contributed by atoms with E-state index in [1.807, 2.05) is 0 Å². The molecule has 0 amide bonds. The minimum atomic E-state index is -5.01. The van der Waals surface area contributed by atoms with Crippen LogP contribution in [0.3, 0.4) is 0 Å². The van der Waals surface area contributed by atoms with Gasteiger partial charge in [-0.2, -0.15) is 13.2 Å². The maximum Gasteiger partial charge on any atom is 0.434 e. The van der Waals surface area contributed by atoms with E-state index in [9.17, 15) is 31.5 Å². The van der Waals surface area contributed by atoms with E-state index in [0.717, 1.165) is 0 Å². The molecule has 0 spiro atoms. The van der Waals surface area contributed by atoms with Crippen molar-refractivity contribution < 1.29 is 31.5 Å². The van der Waals surface area contributed by atoms with Gasteiger partial charge in [0.15, 0.2) is 5.69 Å². The fourth-order valence-electron chi connectivity index (χ4n) is 2.47. The van der Waals surface area contributed by atoms with Crippen LogP contribution < -0.4 is 0 Å². The fraction of sp³-hybridized carbons (Fsp3) is 0.562. The average Bonchev–Trinajstić information content (AvgIpc) is 2.51. The Kier molecular flexibility index (Phi) is 8.06. The van der Waals surface area contributed by atoms with Crippen molar-refractivity contribution in [3.05, 3.63) is 28.1 Å². The molecule has 0 aliphatic heterocycles. The molecule has 0 aromatic carbocycles. The number of aromatic nitrogens is 1. The highest BCUT2D eigenvalue weighted by Gasteiger charge is 2.41. The molecule has 146 valence electrons. The van der Waals surface area contributed by atoms with Crippen molar-refractivity contribution in [2.45, 2.75) is 39.3 Å². The number of halogens is 5. The number of hydrogen-bond donors (Lipinski definition) is 0. The predicted molar refractivity (Wildman–Crippen MR) is 93.2 cm³/mol. The van der Waals surface area contributed by atoms with Crippen molar-refractivity contribution >= 4 is 33.8 Å². The first-order valence-corrected chi connectivity index (χ1v) is 9.96. The molecule has 0 unspecified atom stereocenters. The molecule has 1 aromatic heterocycles. The van der Waals surface area contributed by atoms with E-state index >= 15 is 0 Å². The van der Waals surface area contributed by atoms with E-state index < -0.39 is 46.2 Å². The van der Waals surface area contributed by atoms with E-state index in [1.165, 1.54) is 12.5 Å². The molecule has 1 rings (SSSR count). The van der Waals surface area contributed by atoms with E-state index in [4.69, 9.17) is 0 Å². The van der Waals surface area contributed by atoms with Crippen LogP contribution in [0.2, 0.25) is 0 Å². The lowest BCUT2D eigenvalue weighted by Crippen LogP contribution is -2.23. The van der Waals surface area contributed by atoms with Crippen LogP contribution in [0.5, 0.6) is 0 Å². The Morgan fingerprint density at radius 3 is 1.88 bits per heavy atom. The number of carbonyl (C=O) groups is 2. The summed E-state index contributed by atoms with van der Waals surface area (Å²) in [7, 11) is 0. The first-order chi connectivity index (χ1) is 11.9. The molecule has 1 heterocycles. The van der Waals surface area contributed by atoms with Crippen molar-refractivity contribution in [3.63, 3.8) is 0 Å². The molecule has 0 aliphatic carbocycles. The van der Waals surface area contributed by atoms with Gasteiger partial charge in [-0.3, -0.25) is 9.59 Å². The topological polar surface area (TPSA) is 47.0 Å². The van der Waals surface area contributed by atoms with Gasteiger partial charge in [-0.15, -0.1) is 0 Å². The summed E-state index contributed by atoms with van der Waals surface area (Å²) in [4.78, 5) is 27.9. The molecule has 0 bridgehead atoms. The SMILES string of the molecule is CSC(=O)c1c(CC(F)F)nc(C(F)(F)F)c(C(=O)SC)c1CC(C)C. The Bertz CT molecular complexity index is 690. The van der Waals surface area contributed by atoms with Crippen LogP contribution in [0.1, 0.15) is 51.5 Å². The number of nitrogens with zero attached hydrogens (tertiary/aromatic N) is 1. The van der Waals surface area contributed by atoms with Gasteiger partial charge in [0, 0.05) is 0 Å². The normalized spacial score (nSPS) is 12.1. The number of thioether (sulfide) groups is 2. The molecule has 3 nitrogen and oxygen atoms in total.